The molecule has 1 aromatic carbocycles. The van der Waals surface area contributed by atoms with Crippen molar-refractivity contribution < 1.29 is 9.53 Å². The van der Waals surface area contributed by atoms with Crippen LogP contribution in [0.3, 0.4) is 0 Å². The zero-order valence-electron chi connectivity index (χ0n) is 11.1. The van der Waals surface area contributed by atoms with E-state index in [1.54, 1.807) is 6.20 Å². The summed E-state index contributed by atoms with van der Waals surface area (Å²) in [6.45, 7) is 2.73. The summed E-state index contributed by atoms with van der Waals surface area (Å²) in [4.78, 5) is 16.5. The first-order chi connectivity index (χ1) is 9.84. The minimum Gasteiger partial charge on any atom is -0.378 e. The number of rotatable bonds is 3. The number of carbonyl (C=O) groups is 1. The third kappa shape index (κ3) is 2.79. The summed E-state index contributed by atoms with van der Waals surface area (Å²) >= 11 is 0. The Kier molecular flexibility index (Phi) is 3.90. The van der Waals surface area contributed by atoms with Crippen LogP contribution in [0, 0.1) is 0 Å². The Morgan fingerprint density at radius 2 is 2.30 bits per heavy atom. The van der Waals surface area contributed by atoms with E-state index in [1.807, 2.05) is 30.3 Å². The number of fused-ring (bicyclic) bond motifs is 1. The van der Waals surface area contributed by atoms with Crippen molar-refractivity contribution in [2.45, 2.75) is 6.04 Å². The molecule has 104 valence electrons. The fourth-order valence-electron chi connectivity index (χ4n) is 2.35. The van der Waals surface area contributed by atoms with Crippen LogP contribution in [0.1, 0.15) is 10.5 Å². The van der Waals surface area contributed by atoms with Crippen molar-refractivity contribution in [2.75, 3.05) is 26.3 Å². The number of nitrogens with one attached hydrogen (secondary N) is 2. The van der Waals surface area contributed by atoms with Crippen LogP contribution < -0.4 is 10.6 Å². The van der Waals surface area contributed by atoms with Gasteiger partial charge in [-0.15, -0.1) is 0 Å². The predicted octanol–water partition coefficient (Wildman–Crippen LogP) is 0.953. The van der Waals surface area contributed by atoms with Crippen LogP contribution >= 0.6 is 0 Å². The van der Waals surface area contributed by atoms with Crippen LogP contribution in [0.25, 0.3) is 10.8 Å². The van der Waals surface area contributed by atoms with Crippen LogP contribution in [0.2, 0.25) is 0 Å². The average Bonchev–Trinajstić information content (AvgIpc) is 2.53. The van der Waals surface area contributed by atoms with E-state index in [-0.39, 0.29) is 11.9 Å². The number of ether oxygens (including phenoxy) is 1. The molecule has 20 heavy (non-hydrogen) atoms. The van der Waals surface area contributed by atoms with Gasteiger partial charge in [-0.3, -0.25) is 9.78 Å². The van der Waals surface area contributed by atoms with Crippen molar-refractivity contribution in [3.63, 3.8) is 0 Å². The normalized spacial score (nSPS) is 18.9. The van der Waals surface area contributed by atoms with E-state index in [4.69, 9.17) is 4.74 Å². The molecule has 5 nitrogen and oxygen atoms in total. The van der Waals surface area contributed by atoms with E-state index in [0.29, 0.717) is 18.8 Å². The number of hydrogen-bond donors (Lipinski definition) is 2. The van der Waals surface area contributed by atoms with Gasteiger partial charge in [0.1, 0.15) is 5.69 Å². The molecule has 0 saturated carbocycles. The number of morpholine rings is 1. The minimum absolute atomic E-state index is 0.144. The van der Waals surface area contributed by atoms with Gasteiger partial charge < -0.3 is 15.4 Å². The maximum absolute atomic E-state index is 12.3. The Hall–Kier alpha value is -1.98. The van der Waals surface area contributed by atoms with Crippen molar-refractivity contribution in [3.8, 4) is 0 Å². The zero-order valence-corrected chi connectivity index (χ0v) is 11.1. The molecule has 2 heterocycles. The van der Waals surface area contributed by atoms with E-state index in [0.717, 1.165) is 23.9 Å². The Morgan fingerprint density at radius 1 is 1.40 bits per heavy atom. The first-order valence-electron chi connectivity index (χ1n) is 6.77. The largest absolute Gasteiger partial charge is 0.378 e. The first kappa shape index (κ1) is 13.0. The van der Waals surface area contributed by atoms with Gasteiger partial charge in [-0.2, -0.15) is 0 Å². The topological polar surface area (TPSA) is 63.2 Å². The highest BCUT2D eigenvalue weighted by molar-refractivity contribution is 6.05. The molecule has 1 amide bonds. The number of nitrogens with zero attached hydrogens (tertiary/aromatic N) is 1. The summed E-state index contributed by atoms with van der Waals surface area (Å²) in [7, 11) is 0. The fraction of sp³-hybridized carbons (Fsp3) is 0.333. The van der Waals surface area contributed by atoms with Crippen LogP contribution in [0.4, 0.5) is 0 Å². The summed E-state index contributed by atoms with van der Waals surface area (Å²) in [5.41, 5.74) is 0.472. The maximum atomic E-state index is 12.3. The summed E-state index contributed by atoms with van der Waals surface area (Å²) in [6, 6.07) is 9.83. The van der Waals surface area contributed by atoms with Crippen molar-refractivity contribution in [2.24, 2.45) is 0 Å². The Morgan fingerprint density at radius 3 is 3.15 bits per heavy atom. The summed E-state index contributed by atoms with van der Waals surface area (Å²) in [5.74, 6) is -0.144. The molecule has 2 N–H and O–H groups in total. The van der Waals surface area contributed by atoms with Gasteiger partial charge in [0.25, 0.3) is 5.91 Å². The number of hydrogen-bond acceptors (Lipinski definition) is 4. The van der Waals surface area contributed by atoms with Crippen LogP contribution in [0.5, 0.6) is 0 Å². The van der Waals surface area contributed by atoms with Gasteiger partial charge in [0.2, 0.25) is 0 Å². The number of aromatic nitrogens is 1. The van der Waals surface area contributed by atoms with Gasteiger partial charge in [0.05, 0.1) is 13.2 Å². The SMILES string of the molecule is O=C(NCC1COCCN1)c1nccc2ccccc12. The van der Waals surface area contributed by atoms with E-state index < -0.39 is 0 Å². The lowest BCUT2D eigenvalue weighted by Gasteiger charge is -2.23. The Balaban J connectivity index is 1.72. The molecule has 0 bridgehead atoms. The second-order valence-corrected chi connectivity index (χ2v) is 4.82. The zero-order chi connectivity index (χ0) is 13.8. The fourth-order valence-corrected chi connectivity index (χ4v) is 2.35. The third-order valence-electron chi connectivity index (χ3n) is 3.40. The van der Waals surface area contributed by atoms with Crippen molar-refractivity contribution in [1.29, 1.82) is 0 Å². The molecule has 1 aromatic heterocycles. The summed E-state index contributed by atoms with van der Waals surface area (Å²) < 4.78 is 5.36. The molecule has 1 unspecified atom stereocenters. The van der Waals surface area contributed by atoms with Gasteiger partial charge in [0, 0.05) is 30.7 Å². The first-order valence-corrected chi connectivity index (χ1v) is 6.77. The Bertz CT molecular complexity index is 604. The van der Waals surface area contributed by atoms with E-state index in [1.165, 1.54) is 0 Å². The lowest BCUT2D eigenvalue weighted by atomic mass is 10.1. The highest BCUT2D eigenvalue weighted by Gasteiger charge is 2.16. The van der Waals surface area contributed by atoms with Gasteiger partial charge in [0.15, 0.2) is 0 Å². The highest BCUT2D eigenvalue weighted by atomic mass is 16.5. The molecule has 3 rings (SSSR count). The molecule has 1 atom stereocenters. The van der Waals surface area contributed by atoms with E-state index in [9.17, 15) is 4.79 Å². The van der Waals surface area contributed by atoms with Gasteiger partial charge in [-0.25, -0.2) is 0 Å². The minimum atomic E-state index is -0.144. The summed E-state index contributed by atoms with van der Waals surface area (Å²) in [5, 5.41) is 8.12. The molecule has 1 saturated heterocycles. The smallest absolute Gasteiger partial charge is 0.270 e. The average molecular weight is 271 g/mol. The predicted molar refractivity (Wildman–Crippen MR) is 76.7 cm³/mol. The lowest BCUT2D eigenvalue weighted by Crippen LogP contribution is -2.48. The maximum Gasteiger partial charge on any atom is 0.270 e. The monoisotopic (exact) mass is 271 g/mol. The quantitative estimate of drug-likeness (QED) is 0.872. The number of benzene rings is 1. The second-order valence-electron chi connectivity index (χ2n) is 4.82. The van der Waals surface area contributed by atoms with Crippen molar-refractivity contribution in [3.05, 3.63) is 42.2 Å². The number of amides is 1. The third-order valence-corrected chi connectivity index (χ3v) is 3.40. The molecular formula is C15H17N3O2. The van der Waals surface area contributed by atoms with E-state index in [2.05, 4.69) is 15.6 Å². The molecule has 0 aliphatic carbocycles. The number of pyridine rings is 1. The Labute approximate surface area is 117 Å². The molecule has 0 radical (unpaired) electrons. The summed E-state index contributed by atoms with van der Waals surface area (Å²) in [6.07, 6.45) is 1.67. The molecule has 1 aliphatic rings. The standard InChI is InChI=1S/C15H17N3O2/c19-15(18-9-12-10-20-8-7-16-12)14-13-4-2-1-3-11(13)5-6-17-14/h1-6,12,16H,7-10H2,(H,18,19). The van der Waals surface area contributed by atoms with Crippen LogP contribution in [-0.4, -0.2) is 43.2 Å². The van der Waals surface area contributed by atoms with Crippen molar-refractivity contribution in [1.82, 2.24) is 15.6 Å². The number of carbonyl (C=O) groups excluding carboxylic acids is 1. The van der Waals surface area contributed by atoms with Crippen molar-refractivity contribution >= 4 is 16.7 Å². The molecule has 2 aromatic rings. The molecular weight excluding hydrogens is 254 g/mol. The molecule has 1 fully saturated rings. The second kappa shape index (κ2) is 5.98. The van der Waals surface area contributed by atoms with Gasteiger partial charge in [-0.05, 0) is 11.5 Å². The highest BCUT2D eigenvalue weighted by Crippen LogP contribution is 2.15. The van der Waals surface area contributed by atoms with Crippen LogP contribution in [-0.2, 0) is 4.74 Å². The lowest BCUT2D eigenvalue weighted by molar-refractivity contribution is 0.0734. The van der Waals surface area contributed by atoms with Gasteiger partial charge in [-0.1, -0.05) is 24.3 Å². The van der Waals surface area contributed by atoms with Crippen LogP contribution in [0.15, 0.2) is 36.5 Å². The molecule has 1 aliphatic heterocycles. The molecule has 5 heteroatoms. The van der Waals surface area contributed by atoms with E-state index >= 15 is 0 Å². The molecule has 0 spiro atoms. The van der Waals surface area contributed by atoms with Gasteiger partial charge >= 0.3 is 0 Å².